The fourth-order valence-electron chi connectivity index (χ4n) is 4.13. The number of tetrazole rings is 1. The smallest absolute Gasteiger partial charge is 0.411 e. The molecule has 0 saturated carbocycles. The summed E-state index contributed by atoms with van der Waals surface area (Å²) in [5.74, 6) is -1.28. The summed E-state index contributed by atoms with van der Waals surface area (Å²) < 4.78 is 20.9. The molecule has 0 fully saturated rings. The van der Waals surface area contributed by atoms with Crippen molar-refractivity contribution in [2.24, 2.45) is 0 Å². The number of aromatic nitrogens is 7. The number of nitrogens with zero attached hydrogens (tertiary/aromatic N) is 7. The standard InChI is InChI=1S/C28H22Cl2FN9O3S/c1-15-13-44-25(33-15)12-21(22-11-19(27(30)37-36-22)16-3-5-17(6-4-16)34-28(42)43-2)35-24(41)10-7-18-23(40-14-32-38-39-40)9-8-20(29)26(18)31/h3-11,13-14,21H,12H2,1-2H3,(H,34,42)(H,35,41)/t21-/m0/s1. The molecule has 0 radical (unpaired) electrons. The van der Waals surface area contributed by atoms with Gasteiger partial charge >= 0.3 is 6.09 Å². The minimum Gasteiger partial charge on any atom is -0.453 e. The number of hydrogen-bond acceptors (Lipinski definition) is 10. The molecule has 2 N–H and O–H groups in total. The first kappa shape index (κ1) is 30.7. The van der Waals surface area contributed by atoms with Crippen LogP contribution in [0.4, 0.5) is 14.9 Å². The number of aryl methyl sites for hydroxylation is 1. The van der Waals surface area contributed by atoms with Crippen LogP contribution in [-0.2, 0) is 16.0 Å². The molecule has 12 nitrogen and oxygen atoms in total. The topological polar surface area (TPSA) is 150 Å². The minimum absolute atomic E-state index is 0.0192. The number of anilines is 1. The molecule has 0 aliphatic rings. The van der Waals surface area contributed by atoms with Crippen LogP contribution < -0.4 is 10.6 Å². The van der Waals surface area contributed by atoms with Crippen LogP contribution >= 0.6 is 34.5 Å². The lowest BCUT2D eigenvalue weighted by molar-refractivity contribution is -0.117. The van der Waals surface area contributed by atoms with Crippen molar-refractivity contribution in [2.75, 3.05) is 12.4 Å². The quantitative estimate of drug-likeness (QED) is 0.193. The third kappa shape index (κ3) is 7.22. The van der Waals surface area contributed by atoms with Gasteiger partial charge in [-0.1, -0.05) is 35.3 Å². The number of benzene rings is 2. The normalized spacial score (nSPS) is 11.8. The summed E-state index contributed by atoms with van der Waals surface area (Å²) >= 11 is 13.9. The number of halogens is 3. The molecule has 0 aliphatic carbocycles. The lowest BCUT2D eigenvalue weighted by Gasteiger charge is -2.17. The maximum Gasteiger partial charge on any atom is 0.411 e. The Balaban J connectivity index is 1.44. The fraction of sp³-hybridized carbons (Fsp3) is 0.143. The average molecular weight is 655 g/mol. The average Bonchev–Trinajstić information content (AvgIpc) is 3.70. The van der Waals surface area contributed by atoms with Crippen LogP contribution in [0.3, 0.4) is 0 Å². The molecule has 2 aromatic carbocycles. The first-order chi connectivity index (χ1) is 21.2. The van der Waals surface area contributed by atoms with E-state index in [0.717, 1.165) is 10.7 Å². The highest BCUT2D eigenvalue weighted by Gasteiger charge is 2.21. The number of thiazole rings is 1. The minimum atomic E-state index is -0.737. The van der Waals surface area contributed by atoms with Crippen LogP contribution in [-0.4, -0.2) is 54.5 Å². The molecule has 3 heterocycles. The highest BCUT2D eigenvalue weighted by atomic mass is 35.5. The van der Waals surface area contributed by atoms with Gasteiger partial charge in [0.2, 0.25) is 5.91 Å². The first-order valence-electron chi connectivity index (χ1n) is 12.8. The molecule has 16 heteroatoms. The Hall–Kier alpha value is -4.79. The maximum atomic E-state index is 15.0. The summed E-state index contributed by atoms with van der Waals surface area (Å²) in [6.45, 7) is 1.87. The zero-order valence-corrected chi connectivity index (χ0v) is 25.4. The summed E-state index contributed by atoms with van der Waals surface area (Å²) in [5, 5.41) is 27.5. The lowest BCUT2D eigenvalue weighted by Crippen LogP contribution is -2.29. The number of hydrogen-bond donors (Lipinski definition) is 2. The third-order valence-corrected chi connectivity index (χ3v) is 7.78. The molecule has 3 aromatic heterocycles. The van der Waals surface area contributed by atoms with Gasteiger partial charge in [-0.15, -0.1) is 21.5 Å². The molecular formula is C28H22Cl2FN9O3S. The van der Waals surface area contributed by atoms with Crippen molar-refractivity contribution in [2.45, 2.75) is 19.4 Å². The van der Waals surface area contributed by atoms with Gasteiger partial charge in [-0.3, -0.25) is 10.1 Å². The van der Waals surface area contributed by atoms with Crippen LogP contribution in [0.1, 0.15) is 28.0 Å². The van der Waals surface area contributed by atoms with E-state index in [0.29, 0.717) is 28.9 Å². The molecule has 44 heavy (non-hydrogen) atoms. The predicted molar refractivity (Wildman–Crippen MR) is 163 cm³/mol. The number of rotatable bonds is 9. The van der Waals surface area contributed by atoms with Crippen molar-refractivity contribution in [1.29, 1.82) is 0 Å². The van der Waals surface area contributed by atoms with Crippen molar-refractivity contribution >= 4 is 58.3 Å². The largest absolute Gasteiger partial charge is 0.453 e. The van der Waals surface area contributed by atoms with Crippen molar-refractivity contribution in [3.05, 3.63) is 98.2 Å². The SMILES string of the molecule is COC(=O)Nc1ccc(-c2cc([C@H](Cc3nc(C)cs3)NC(=O)C=Cc3c(-n4cnnn4)ccc(Cl)c3F)nnc2Cl)cc1. The zero-order chi connectivity index (χ0) is 31.2. The molecule has 5 aromatic rings. The third-order valence-electron chi connectivity index (χ3n) is 6.22. The number of amides is 2. The second-order valence-corrected chi connectivity index (χ2v) is 10.9. The van der Waals surface area contributed by atoms with E-state index in [1.54, 1.807) is 30.3 Å². The Morgan fingerprint density at radius 2 is 1.95 bits per heavy atom. The van der Waals surface area contributed by atoms with Gasteiger partial charge in [-0.2, -0.15) is 9.78 Å². The van der Waals surface area contributed by atoms with Crippen molar-refractivity contribution < 1.29 is 18.7 Å². The maximum absolute atomic E-state index is 15.0. The molecule has 2 amide bonds. The van der Waals surface area contributed by atoms with Gasteiger partial charge in [0.1, 0.15) is 6.33 Å². The Kier molecular flexibility index (Phi) is 9.53. The van der Waals surface area contributed by atoms with E-state index in [9.17, 15) is 9.59 Å². The van der Waals surface area contributed by atoms with Gasteiger partial charge in [0.25, 0.3) is 0 Å². The number of nitrogens with one attached hydrogen (secondary N) is 2. The Labute approximate surface area is 263 Å². The van der Waals surface area contributed by atoms with Crippen molar-refractivity contribution in [3.8, 4) is 16.8 Å². The molecule has 0 bridgehead atoms. The molecule has 0 aliphatic heterocycles. The first-order valence-corrected chi connectivity index (χ1v) is 14.4. The van der Waals surface area contributed by atoms with Crippen LogP contribution in [0.5, 0.6) is 0 Å². The van der Waals surface area contributed by atoms with Crippen LogP contribution in [0.2, 0.25) is 10.2 Å². The summed E-state index contributed by atoms with van der Waals surface area (Å²) in [5.41, 5.74) is 3.34. The van der Waals surface area contributed by atoms with E-state index in [1.807, 2.05) is 12.3 Å². The van der Waals surface area contributed by atoms with Crippen LogP contribution in [0.15, 0.2) is 60.2 Å². The summed E-state index contributed by atoms with van der Waals surface area (Å²) in [6.07, 6.45) is 3.48. The molecule has 5 rings (SSSR count). The Bertz CT molecular complexity index is 1830. The highest BCUT2D eigenvalue weighted by molar-refractivity contribution is 7.09. The van der Waals surface area contributed by atoms with Crippen molar-refractivity contribution in [1.82, 2.24) is 40.7 Å². The Morgan fingerprint density at radius 1 is 1.16 bits per heavy atom. The molecule has 0 spiro atoms. The number of methoxy groups -OCH3 is 1. The van der Waals surface area contributed by atoms with Gasteiger partial charge in [-0.05, 0) is 59.3 Å². The van der Waals surface area contributed by atoms with Gasteiger partial charge < -0.3 is 10.1 Å². The summed E-state index contributed by atoms with van der Waals surface area (Å²) in [6, 6.07) is 10.8. The van der Waals surface area contributed by atoms with Crippen molar-refractivity contribution in [3.63, 3.8) is 0 Å². The zero-order valence-electron chi connectivity index (χ0n) is 23.0. The molecule has 224 valence electrons. The molecule has 0 saturated heterocycles. The molecule has 1 atom stereocenters. The molecule has 0 unspecified atom stereocenters. The number of carbonyl (C=O) groups excluding carboxylic acids is 2. The van der Waals surface area contributed by atoms with Gasteiger partial charge in [0.05, 0.1) is 34.6 Å². The van der Waals surface area contributed by atoms with E-state index in [1.165, 1.54) is 53.7 Å². The number of carbonyl (C=O) groups is 2. The van der Waals surface area contributed by atoms with E-state index >= 15 is 4.39 Å². The summed E-state index contributed by atoms with van der Waals surface area (Å²) in [4.78, 5) is 29.3. The number of ether oxygens (including phenoxy) is 1. The van der Waals surface area contributed by atoms with Crippen LogP contribution in [0.25, 0.3) is 22.9 Å². The fourth-order valence-corrected chi connectivity index (χ4v) is 5.32. The second-order valence-electron chi connectivity index (χ2n) is 9.20. The van der Waals surface area contributed by atoms with E-state index < -0.39 is 23.9 Å². The van der Waals surface area contributed by atoms with E-state index in [-0.39, 0.29) is 21.4 Å². The monoisotopic (exact) mass is 653 g/mol. The Morgan fingerprint density at radius 3 is 2.64 bits per heavy atom. The lowest BCUT2D eigenvalue weighted by atomic mass is 10.0. The molecular weight excluding hydrogens is 632 g/mol. The van der Waals surface area contributed by atoms with E-state index in [2.05, 4.69) is 46.1 Å². The van der Waals surface area contributed by atoms with Gasteiger partial charge in [0, 0.05) is 40.4 Å². The van der Waals surface area contributed by atoms with Crippen LogP contribution in [0, 0.1) is 12.7 Å². The van der Waals surface area contributed by atoms with E-state index in [4.69, 9.17) is 23.2 Å². The van der Waals surface area contributed by atoms with Gasteiger partial charge in [0.15, 0.2) is 11.0 Å². The highest BCUT2D eigenvalue weighted by Crippen LogP contribution is 2.30. The second kappa shape index (κ2) is 13.7. The van der Waals surface area contributed by atoms with Gasteiger partial charge in [-0.25, -0.2) is 14.2 Å². The summed E-state index contributed by atoms with van der Waals surface area (Å²) in [7, 11) is 1.27. The predicted octanol–water partition coefficient (Wildman–Crippen LogP) is 5.62.